The second-order valence-electron chi connectivity index (χ2n) is 5.21. The van der Waals surface area contributed by atoms with Crippen LogP contribution in [0.2, 0.25) is 0 Å². The van der Waals surface area contributed by atoms with Gasteiger partial charge < -0.3 is 9.84 Å². The zero-order valence-electron chi connectivity index (χ0n) is 11.9. The van der Waals surface area contributed by atoms with E-state index in [9.17, 15) is 4.79 Å². The molecule has 106 valence electrons. The highest BCUT2D eigenvalue weighted by Gasteiger charge is 2.10. The molecule has 2 aromatic rings. The van der Waals surface area contributed by atoms with Crippen LogP contribution in [0.4, 0.5) is 0 Å². The Hall–Kier alpha value is -2.03. The van der Waals surface area contributed by atoms with Crippen molar-refractivity contribution in [2.75, 3.05) is 7.11 Å². The molecule has 0 fully saturated rings. The van der Waals surface area contributed by atoms with Crippen molar-refractivity contribution >= 4 is 16.7 Å². The number of ether oxygens (including phenoxy) is 1. The Bertz CT molecular complexity index is 604. The van der Waals surface area contributed by atoms with Crippen molar-refractivity contribution in [2.45, 2.75) is 26.2 Å². The molecular formula is C17H20O3. The molecule has 1 N–H and O–H groups in total. The molecule has 0 saturated heterocycles. The Labute approximate surface area is 119 Å². The van der Waals surface area contributed by atoms with Crippen molar-refractivity contribution in [3.05, 3.63) is 42.0 Å². The van der Waals surface area contributed by atoms with Crippen molar-refractivity contribution in [1.82, 2.24) is 0 Å². The second-order valence-corrected chi connectivity index (χ2v) is 5.21. The standard InChI is InChI=1S/C17H20O3/c1-12(11-17(18)19)7-8-13-9-10-16(20-2)15-6-4-3-5-14(13)15/h3-6,9-10,12H,7-8,11H2,1-2H3,(H,18,19). The normalized spacial score (nSPS) is 12.3. The van der Waals surface area contributed by atoms with E-state index in [0.29, 0.717) is 0 Å². The van der Waals surface area contributed by atoms with Crippen LogP contribution in [0.25, 0.3) is 10.8 Å². The molecule has 2 rings (SSSR count). The van der Waals surface area contributed by atoms with Crippen molar-refractivity contribution in [3.8, 4) is 5.75 Å². The maximum absolute atomic E-state index is 10.7. The summed E-state index contributed by atoms with van der Waals surface area (Å²) in [4.78, 5) is 10.7. The zero-order valence-corrected chi connectivity index (χ0v) is 11.9. The van der Waals surface area contributed by atoms with Crippen LogP contribution >= 0.6 is 0 Å². The number of fused-ring (bicyclic) bond motifs is 1. The number of carbonyl (C=O) groups is 1. The smallest absolute Gasteiger partial charge is 0.303 e. The molecule has 0 aliphatic rings. The number of hydrogen-bond donors (Lipinski definition) is 1. The SMILES string of the molecule is COc1ccc(CCC(C)CC(=O)O)c2ccccc12. The summed E-state index contributed by atoms with van der Waals surface area (Å²) >= 11 is 0. The molecule has 1 atom stereocenters. The molecule has 0 bridgehead atoms. The van der Waals surface area contributed by atoms with Gasteiger partial charge in [0.05, 0.1) is 7.11 Å². The van der Waals surface area contributed by atoms with Crippen LogP contribution in [0.1, 0.15) is 25.3 Å². The Morgan fingerprint density at radius 2 is 1.90 bits per heavy atom. The van der Waals surface area contributed by atoms with Gasteiger partial charge in [-0.25, -0.2) is 0 Å². The second kappa shape index (κ2) is 6.42. The van der Waals surface area contributed by atoms with Crippen LogP contribution in [0.3, 0.4) is 0 Å². The molecule has 1 unspecified atom stereocenters. The molecule has 0 radical (unpaired) electrons. The fraction of sp³-hybridized carbons (Fsp3) is 0.353. The molecule has 0 spiro atoms. The van der Waals surface area contributed by atoms with Crippen LogP contribution in [0.15, 0.2) is 36.4 Å². The first kappa shape index (κ1) is 14.4. The lowest BCUT2D eigenvalue weighted by Gasteiger charge is -2.12. The largest absolute Gasteiger partial charge is 0.496 e. The molecular weight excluding hydrogens is 252 g/mol. The molecule has 0 aliphatic carbocycles. The molecule has 3 nitrogen and oxygen atoms in total. The number of carboxylic acids is 1. The number of aryl methyl sites for hydroxylation is 1. The van der Waals surface area contributed by atoms with E-state index < -0.39 is 5.97 Å². The van der Waals surface area contributed by atoms with Crippen molar-refractivity contribution in [1.29, 1.82) is 0 Å². The topological polar surface area (TPSA) is 46.5 Å². The molecule has 0 heterocycles. The van der Waals surface area contributed by atoms with Gasteiger partial charge in [0, 0.05) is 11.8 Å². The van der Waals surface area contributed by atoms with E-state index in [2.05, 4.69) is 18.2 Å². The van der Waals surface area contributed by atoms with Crippen LogP contribution in [0, 0.1) is 5.92 Å². The van der Waals surface area contributed by atoms with Gasteiger partial charge in [-0.15, -0.1) is 0 Å². The molecule has 0 aromatic heterocycles. The number of methoxy groups -OCH3 is 1. The third-order valence-corrected chi connectivity index (χ3v) is 3.62. The van der Waals surface area contributed by atoms with Gasteiger partial charge in [0.1, 0.15) is 5.75 Å². The zero-order chi connectivity index (χ0) is 14.5. The summed E-state index contributed by atoms with van der Waals surface area (Å²) in [6.45, 7) is 1.99. The fourth-order valence-corrected chi connectivity index (χ4v) is 2.53. The summed E-state index contributed by atoms with van der Waals surface area (Å²) < 4.78 is 5.38. The van der Waals surface area contributed by atoms with Crippen molar-refractivity contribution < 1.29 is 14.6 Å². The van der Waals surface area contributed by atoms with Crippen LogP contribution in [-0.2, 0) is 11.2 Å². The van der Waals surface area contributed by atoms with E-state index in [1.165, 1.54) is 10.9 Å². The first-order valence-corrected chi connectivity index (χ1v) is 6.88. The third-order valence-electron chi connectivity index (χ3n) is 3.62. The molecule has 0 amide bonds. The molecule has 2 aromatic carbocycles. The summed E-state index contributed by atoms with van der Waals surface area (Å²) in [6, 6.07) is 12.2. The number of hydrogen-bond acceptors (Lipinski definition) is 2. The summed E-state index contributed by atoms with van der Waals surface area (Å²) in [6.07, 6.45) is 2.00. The maximum atomic E-state index is 10.7. The van der Waals surface area contributed by atoms with Gasteiger partial charge in [-0.2, -0.15) is 0 Å². The summed E-state index contributed by atoms with van der Waals surface area (Å²) in [5, 5.41) is 11.1. The number of rotatable bonds is 6. The summed E-state index contributed by atoms with van der Waals surface area (Å²) in [7, 11) is 1.68. The highest BCUT2D eigenvalue weighted by atomic mass is 16.5. The minimum Gasteiger partial charge on any atom is -0.496 e. The monoisotopic (exact) mass is 272 g/mol. The van der Waals surface area contributed by atoms with Crippen LogP contribution < -0.4 is 4.74 Å². The minimum atomic E-state index is -0.725. The molecule has 20 heavy (non-hydrogen) atoms. The Morgan fingerprint density at radius 1 is 1.20 bits per heavy atom. The first-order chi connectivity index (χ1) is 9.61. The van der Waals surface area contributed by atoms with E-state index in [4.69, 9.17) is 9.84 Å². The van der Waals surface area contributed by atoms with Gasteiger partial charge in [0.25, 0.3) is 0 Å². The van der Waals surface area contributed by atoms with Crippen LogP contribution in [0.5, 0.6) is 5.75 Å². The Kier molecular flexibility index (Phi) is 4.61. The van der Waals surface area contributed by atoms with Gasteiger partial charge in [0.15, 0.2) is 0 Å². The summed E-state index contributed by atoms with van der Waals surface area (Å²) in [5.41, 5.74) is 1.25. The Morgan fingerprint density at radius 3 is 2.55 bits per heavy atom. The average molecular weight is 272 g/mol. The van der Waals surface area contributed by atoms with Gasteiger partial charge >= 0.3 is 5.97 Å². The number of carboxylic acid groups (broad SMARTS) is 1. The quantitative estimate of drug-likeness (QED) is 0.867. The van der Waals surface area contributed by atoms with Gasteiger partial charge in [-0.3, -0.25) is 4.79 Å². The van der Waals surface area contributed by atoms with Gasteiger partial charge in [-0.05, 0) is 35.8 Å². The number of aliphatic carboxylic acids is 1. The van der Waals surface area contributed by atoms with E-state index in [-0.39, 0.29) is 12.3 Å². The fourth-order valence-electron chi connectivity index (χ4n) is 2.53. The third kappa shape index (κ3) is 3.29. The van der Waals surface area contributed by atoms with Crippen LogP contribution in [-0.4, -0.2) is 18.2 Å². The van der Waals surface area contributed by atoms with E-state index in [1.54, 1.807) is 7.11 Å². The average Bonchev–Trinajstić information content (AvgIpc) is 2.44. The Balaban J connectivity index is 2.21. The number of benzene rings is 2. The lowest BCUT2D eigenvalue weighted by Crippen LogP contribution is -2.05. The van der Waals surface area contributed by atoms with E-state index in [1.807, 2.05) is 25.1 Å². The van der Waals surface area contributed by atoms with Gasteiger partial charge in [0.2, 0.25) is 0 Å². The molecule has 0 saturated carbocycles. The van der Waals surface area contributed by atoms with Gasteiger partial charge in [-0.1, -0.05) is 37.3 Å². The highest BCUT2D eigenvalue weighted by Crippen LogP contribution is 2.29. The van der Waals surface area contributed by atoms with Crippen molar-refractivity contribution in [2.24, 2.45) is 5.92 Å². The predicted octanol–water partition coefficient (Wildman–Crippen LogP) is 3.89. The first-order valence-electron chi connectivity index (χ1n) is 6.88. The highest BCUT2D eigenvalue weighted by molar-refractivity contribution is 5.91. The lowest BCUT2D eigenvalue weighted by molar-refractivity contribution is -0.138. The van der Waals surface area contributed by atoms with E-state index >= 15 is 0 Å². The lowest BCUT2D eigenvalue weighted by atomic mass is 9.95. The van der Waals surface area contributed by atoms with E-state index in [0.717, 1.165) is 24.0 Å². The summed E-state index contributed by atoms with van der Waals surface area (Å²) in [5.74, 6) is 0.341. The van der Waals surface area contributed by atoms with Crippen molar-refractivity contribution in [3.63, 3.8) is 0 Å². The minimum absolute atomic E-state index is 0.188. The molecule has 0 aliphatic heterocycles. The predicted molar refractivity (Wildman–Crippen MR) is 80.2 cm³/mol. The maximum Gasteiger partial charge on any atom is 0.303 e. The molecule has 3 heteroatoms.